The van der Waals surface area contributed by atoms with E-state index >= 15 is 0 Å². The number of carbonyl (C=O) groups is 2. The van der Waals surface area contributed by atoms with Crippen LogP contribution in [-0.2, 0) is 22.6 Å². The fourth-order valence-electron chi connectivity index (χ4n) is 2.60. The number of nitrogens with one attached hydrogen (secondary N) is 2. The molecule has 0 heterocycles. The van der Waals surface area contributed by atoms with Crippen molar-refractivity contribution in [3.8, 4) is 5.75 Å². The normalized spacial score (nSPS) is 11.5. The van der Waals surface area contributed by atoms with E-state index < -0.39 is 24.2 Å². The summed E-state index contributed by atoms with van der Waals surface area (Å²) in [5.74, 6) is -1.20. The van der Waals surface area contributed by atoms with Gasteiger partial charge in [0.05, 0.1) is 6.54 Å². The van der Waals surface area contributed by atoms with Crippen molar-refractivity contribution in [1.82, 2.24) is 10.6 Å². The van der Waals surface area contributed by atoms with Crippen LogP contribution in [0.3, 0.4) is 0 Å². The fourth-order valence-corrected chi connectivity index (χ4v) is 2.60. The van der Waals surface area contributed by atoms with Gasteiger partial charge in [0.25, 0.3) is 0 Å². The highest BCUT2D eigenvalue weighted by molar-refractivity contribution is 5.88. The number of aryl methyl sites for hydroxylation is 1. The molecule has 0 fully saturated rings. The Balaban J connectivity index is 0.00000233. The molecule has 1 unspecified atom stereocenters. The predicted molar refractivity (Wildman–Crippen MR) is 112 cm³/mol. The smallest absolute Gasteiger partial charge is 0.406 e. The van der Waals surface area contributed by atoms with Crippen molar-refractivity contribution in [1.29, 1.82) is 0 Å². The Kier molecular flexibility index (Phi) is 11.1. The molecular weight excluding hydrogens is 411 g/mol. The third kappa shape index (κ3) is 10.5. The minimum atomic E-state index is -4.76. The molecule has 2 aromatic rings. The molecular formula is C22H28F3N3O3. The highest BCUT2D eigenvalue weighted by Crippen LogP contribution is 2.22. The summed E-state index contributed by atoms with van der Waals surface area (Å²) >= 11 is 0. The van der Waals surface area contributed by atoms with E-state index in [1.807, 2.05) is 44.2 Å². The number of amides is 2. The Morgan fingerprint density at radius 2 is 1.61 bits per heavy atom. The number of rotatable bonds is 9. The van der Waals surface area contributed by atoms with Gasteiger partial charge < -0.3 is 21.1 Å². The van der Waals surface area contributed by atoms with Crippen LogP contribution in [0.15, 0.2) is 54.6 Å². The van der Waals surface area contributed by atoms with Crippen molar-refractivity contribution in [3.63, 3.8) is 0 Å². The van der Waals surface area contributed by atoms with Crippen molar-refractivity contribution in [3.05, 3.63) is 65.7 Å². The first-order valence-electron chi connectivity index (χ1n) is 9.92. The third-order valence-corrected chi connectivity index (χ3v) is 4.03. The number of hydrogen-bond acceptors (Lipinski definition) is 4. The minimum Gasteiger partial charge on any atom is -0.406 e. The first-order chi connectivity index (χ1) is 14.8. The number of nitrogens with two attached hydrogens (primary N) is 1. The monoisotopic (exact) mass is 439 g/mol. The van der Waals surface area contributed by atoms with Gasteiger partial charge in [-0.2, -0.15) is 0 Å². The summed E-state index contributed by atoms with van der Waals surface area (Å²) in [5, 5.41) is 5.26. The van der Waals surface area contributed by atoms with Crippen LogP contribution in [0.25, 0.3) is 0 Å². The van der Waals surface area contributed by atoms with Crippen LogP contribution < -0.4 is 21.1 Å². The van der Waals surface area contributed by atoms with E-state index in [1.54, 1.807) is 0 Å². The number of hydrogen-bond donors (Lipinski definition) is 3. The molecule has 170 valence electrons. The highest BCUT2D eigenvalue weighted by atomic mass is 19.4. The Labute approximate surface area is 180 Å². The zero-order valence-electron chi connectivity index (χ0n) is 17.5. The third-order valence-electron chi connectivity index (χ3n) is 4.03. The summed E-state index contributed by atoms with van der Waals surface area (Å²) in [4.78, 5) is 24.1. The SMILES string of the molecule is CC.NCC(=O)NC(CCc1ccccc1)C(=O)NCc1ccc(OC(F)(F)F)cc1. The number of ether oxygens (including phenoxy) is 1. The molecule has 1 atom stereocenters. The first kappa shape index (κ1) is 26.0. The minimum absolute atomic E-state index is 0.0888. The first-order valence-corrected chi connectivity index (χ1v) is 9.92. The lowest BCUT2D eigenvalue weighted by molar-refractivity contribution is -0.274. The standard InChI is InChI=1S/C20H22F3N3O3.C2H6/c21-20(22,23)29-16-9-6-15(7-10-16)13-25-19(28)17(26-18(27)12-24)11-8-14-4-2-1-3-5-14;1-2/h1-7,9-10,17H,8,11-13,24H2,(H,25,28)(H,26,27);1-2H3. The average molecular weight is 439 g/mol. The van der Waals surface area contributed by atoms with Gasteiger partial charge in [-0.3, -0.25) is 9.59 Å². The van der Waals surface area contributed by atoms with Crippen molar-refractivity contribution in [2.45, 2.75) is 45.6 Å². The summed E-state index contributed by atoms with van der Waals surface area (Å²) < 4.78 is 40.4. The van der Waals surface area contributed by atoms with Crippen molar-refractivity contribution < 1.29 is 27.5 Å². The molecule has 0 bridgehead atoms. The molecule has 2 aromatic carbocycles. The average Bonchev–Trinajstić information content (AvgIpc) is 2.76. The van der Waals surface area contributed by atoms with Crippen LogP contribution in [0.1, 0.15) is 31.4 Å². The van der Waals surface area contributed by atoms with Gasteiger partial charge in [0, 0.05) is 6.54 Å². The molecule has 0 spiro atoms. The van der Waals surface area contributed by atoms with Crippen molar-refractivity contribution in [2.75, 3.05) is 6.54 Å². The Morgan fingerprint density at radius 1 is 1.00 bits per heavy atom. The van der Waals surface area contributed by atoms with E-state index in [-0.39, 0.29) is 18.8 Å². The Hall–Kier alpha value is -3.07. The highest BCUT2D eigenvalue weighted by Gasteiger charge is 2.31. The molecule has 0 radical (unpaired) electrons. The second kappa shape index (κ2) is 13.3. The second-order valence-corrected chi connectivity index (χ2v) is 6.26. The summed E-state index contributed by atoms with van der Waals surface area (Å²) in [6.07, 6.45) is -3.81. The zero-order valence-corrected chi connectivity index (χ0v) is 17.5. The Morgan fingerprint density at radius 3 is 2.16 bits per heavy atom. The van der Waals surface area contributed by atoms with Gasteiger partial charge in [0.2, 0.25) is 11.8 Å². The molecule has 0 saturated heterocycles. The van der Waals surface area contributed by atoms with Gasteiger partial charge in [0.1, 0.15) is 11.8 Å². The van der Waals surface area contributed by atoms with Crippen LogP contribution in [0.5, 0.6) is 5.75 Å². The van der Waals surface area contributed by atoms with Crippen LogP contribution in [-0.4, -0.2) is 30.8 Å². The van der Waals surface area contributed by atoms with Gasteiger partial charge in [-0.05, 0) is 36.1 Å². The maximum atomic E-state index is 12.5. The van der Waals surface area contributed by atoms with Gasteiger partial charge in [-0.15, -0.1) is 13.2 Å². The molecule has 9 heteroatoms. The van der Waals surface area contributed by atoms with Gasteiger partial charge in [-0.25, -0.2) is 0 Å². The summed E-state index contributed by atoms with van der Waals surface area (Å²) in [6, 6.07) is 13.9. The van der Waals surface area contributed by atoms with E-state index in [1.165, 1.54) is 12.1 Å². The summed E-state index contributed by atoms with van der Waals surface area (Å²) in [7, 11) is 0. The lowest BCUT2D eigenvalue weighted by atomic mass is 10.0. The molecule has 0 aliphatic rings. The lowest BCUT2D eigenvalue weighted by Gasteiger charge is -2.18. The van der Waals surface area contributed by atoms with Gasteiger partial charge in [0.15, 0.2) is 0 Å². The largest absolute Gasteiger partial charge is 0.573 e. The van der Waals surface area contributed by atoms with Gasteiger partial charge in [-0.1, -0.05) is 56.3 Å². The molecule has 0 saturated carbocycles. The van der Waals surface area contributed by atoms with Crippen LogP contribution in [0.4, 0.5) is 13.2 Å². The molecule has 6 nitrogen and oxygen atoms in total. The molecule has 0 aliphatic heterocycles. The van der Waals surface area contributed by atoms with Crippen molar-refractivity contribution in [2.24, 2.45) is 5.73 Å². The number of halogens is 3. The number of benzene rings is 2. The maximum Gasteiger partial charge on any atom is 0.573 e. The van der Waals surface area contributed by atoms with Crippen LogP contribution >= 0.6 is 0 Å². The molecule has 0 aliphatic carbocycles. The maximum absolute atomic E-state index is 12.5. The lowest BCUT2D eigenvalue weighted by Crippen LogP contribution is -2.48. The van der Waals surface area contributed by atoms with Gasteiger partial charge >= 0.3 is 6.36 Å². The summed E-state index contributed by atoms with van der Waals surface area (Å²) in [5.41, 5.74) is 6.92. The van der Waals surface area contributed by atoms with E-state index in [4.69, 9.17) is 5.73 Å². The summed E-state index contributed by atoms with van der Waals surface area (Å²) in [6.45, 7) is 3.85. The van der Waals surface area contributed by atoms with E-state index in [9.17, 15) is 22.8 Å². The molecule has 4 N–H and O–H groups in total. The van der Waals surface area contributed by atoms with Crippen LogP contribution in [0.2, 0.25) is 0 Å². The number of carbonyl (C=O) groups excluding carboxylic acids is 2. The van der Waals surface area contributed by atoms with Crippen LogP contribution in [0, 0.1) is 0 Å². The quantitative estimate of drug-likeness (QED) is 0.559. The topological polar surface area (TPSA) is 93.5 Å². The fraction of sp³-hybridized carbons (Fsp3) is 0.364. The van der Waals surface area contributed by atoms with E-state index in [0.29, 0.717) is 18.4 Å². The zero-order chi connectivity index (χ0) is 23.3. The number of alkyl halides is 3. The Bertz CT molecular complexity index is 797. The molecule has 0 aromatic heterocycles. The predicted octanol–water partition coefficient (Wildman–Crippen LogP) is 3.30. The molecule has 2 rings (SSSR count). The van der Waals surface area contributed by atoms with E-state index in [2.05, 4.69) is 15.4 Å². The molecule has 31 heavy (non-hydrogen) atoms. The second-order valence-electron chi connectivity index (χ2n) is 6.26. The van der Waals surface area contributed by atoms with E-state index in [0.717, 1.165) is 17.7 Å². The molecule has 2 amide bonds. The van der Waals surface area contributed by atoms with Crippen molar-refractivity contribution >= 4 is 11.8 Å².